The van der Waals surface area contributed by atoms with Crippen LogP contribution in [0.25, 0.3) is 11.0 Å². The molecule has 0 fully saturated rings. The molecule has 23 heavy (non-hydrogen) atoms. The van der Waals surface area contributed by atoms with Gasteiger partial charge in [-0.3, -0.25) is 4.79 Å². The molecule has 0 saturated heterocycles. The van der Waals surface area contributed by atoms with Gasteiger partial charge in [-0.1, -0.05) is 18.2 Å². The molecular weight excluding hydrogens is 290 g/mol. The van der Waals surface area contributed by atoms with Crippen molar-refractivity contribution in [1.82, 2.24) is 14.9 Å². The maximum absolute atomic E-state index is 12.1. The molecule has 3 rings (SSSR count). The van der Waals surface area contributed by atoms with Crippen LogP contribution in [0.5, 0.6) is 5.75 Å². The van der Waals surface area contributed by atoms with E-state index in [-0.39, 0.29) is 5.91 Å². The predicted octanol–water partition coefficient (Wildman–Crippen LogP) is 2.44. The molecule has 0 spiro atoms. The number of rotatable bonds is 5. The van der Waals surface area contributed by atoms with Gasteiger partial charge in [-0.25, -0.2) is 4.98 Å². The van der Waals surface area contributed by atoms with Gasteiger partial charge in [-0.05, 0) is 35.4 Å². The molecule has 1 heterocycles. The lowest BCUT2D eigenvalue weighted by Gasteiger charge is -2.07. The maximum atomic E-state index is 12.1. The number of benzene rings is 2. The van der Waals surface area contributed by atoms with Crippen molar-refractivity contribution in [2.75, 3.05) is 7.11 Å². The molecule has 0 atom stereocenters. The van der Waals surface area contributed by atoms with Gasteiger partial charge in [-0.2, -0.15) is 0 Å². The summed E-state index contributed by atoms with van der Waals surface area (Å²) in [6.07, 6.45) is 2.12. The number of aryl methyl sites for hydroxylation is 1. The van der Waals surface area contributed by atoms with Crippen LogP contribution in [-0.2, 0) is 24.8 Å². The summed E-state index contributed by atoms with van der Waals surface area (Å²) in [5, 5.41) is 2.94. The van der Waals surface area contributed by atoms with Crippen molar-refractivity contribution in [2.24, 2.45) is 7.05 Å². The minimum Gasteiger partial charge on any atom is -0.497 e. The van der Waals surface area contributed by atoms with Gasteiger partial charge >= 0.3 is 0 Å². The van der Waals surface area contributed by atoms with E-state index in [2.05, 4.69) is 10.3 Å². The summed E-state index contributed by atoms with van der Waals surface area (Å²) in [6.45, 7) is 0.495. The highest BCUT2D eigenvalue weighted by Crippen LogP contribution is 2.14. The Morgan fingerprint density at radius 1 is 1.22 bits per heavy atom. The van der Waals surface area contributed by atoms with Crippen molar-refractivity contribution in [2.45, 2.75) is 13.0 Å². The summed E-state index contributed by atoms with van der Waals surface area (Å²) in [6, 6.07) is 13.6. The Kier molecular flexibility index (Phi) is 4.28. The molecule has 2 aromatic carbocycles. The highest BCUT2D eigenvalue weighted by atomic mass is 16.5. The molecule has 3 aromatic rings. The second kappa shape index (κ2) is 6.52. The lowest BCUT2D eigenvalue weighted by molar-refractivity contribution is -0.120. The van der Waals surface area contributed by atoms with Gasteiger partial charge < -0.3 is 14.6 Å². The number of hydrogen-bond donors (Lipinski definition) is 1. The number of nitrogens with zero attached hydrogens (tertiary/aromatic N) is 2. The first-order valence-electron chi connectivity index (χ1n) is 7.45. The zero-order valence-electron chi connectivity index (χ0n) is 13.2. The summed E-state index contributed by atoms with van der Waals surface area (Å²) >= 11 is 0. The number of fused-ring (bicyclic) bond motifs is 1. The van der Waals surface area contributed by atoms with Crippen molar-refractivity contribution >= 4 is 16.9 Å². The Morgan fingerprint density at radius 2 is 2.09 bits per heavy atom. The average Bonchev–Trinajstić information content (AvgIpc) is 2.94. The summed E-state index contributed by atoms with van der Waals surface area (Å²) in [4.78, 5) is 16.4. The van der Waals surface area contributed by atoms with E-state index in [0.29, 0.717) is 13.0 Å². The molecule has 0 saturated carbocycles. The van der Waals surface area contributed by atoms with Crippen LogP contribution in [0.1, 0.15) is 11.1 Å². The number of amides is 1. The van der Waals surface area contributed by atoms with Crippen LogP contribution in [0.15, 0.2) is 48.8 Å². The SMILES string of the molecule is COc1cccc(CC(=O)NCc2ccc3c(c2)ncn3C)c1. The quantitative estimate of drug-likeness (QED) is 0.787. The standard InChI is InChI=1S/C18H19N3O2/c1-21-12-20-16-9-14(6-7-17(16)21)11-19-18(22)10-13-4-3-5-15(8-13)23-2/h3-9,12H,10-11H2,1-2H3,(H,19,22). The monoisotopic (exact) mass is 309 g/mol. The van der Waals surface area contributed by atoms with E-state index < -0.39 is 0 Å². The molecule has 1 aromatic heterocycles. The minimum absolute atomic E-state index is 0.0145. The van der Waals surface area contributed by atoms with E-state index in [4.69, 9.17) is 4.74 Å². The molecule has 1 N–H and O–H groups in total. The van der Waals surface area contributed by atoms with Crippen molar-refractivity contribution in [1.29, 1.82) is 0 Å². The highest BCUT2D eigenvalue weighted by molar-refractivity contribution is 5.79. The summed E-state index contributed by atoms with van der Waals surface area (Å²) in [7, 11) is 3.58. The molecule has 5 heteroatoms. The Labute approximate surface area is 134 Å². The molecule has 5 nitrogen and oxygen atoms in total. The molecule has 0 unspecified atom stereocenters. The number of carbonyl (C=O) groups is 1. The van der Waals surface area contributed by atoms with Crippen molar-refractivity contribution in [3.8, 4) is 5.75 Å². The number of methoxy groups -OCH3 is 1. The Hall–Kier alpha value is -2.82. The van der Waals surface area contributed by atoms with Crippen LogP contribution in [0.2, 0.25) is 0 Å². The number of imidazole rings is 1. The Morgan fingerprint density at radius 3 is 2.91 bits per heavy atom. The molecule has 0 radical (unpaired) electrons. The lowest BCUT2D eigenvalue weighted by Crippen LogP contribution is -2.24. The Bertz CT molecular complexity index is 839. The second-order valence-electron chi connectivity index (χ2n) is 5.48. The normalized spacial score (nSPS) is 10.7. The first-order valence-corrected chi connectivity index (χ1v) is 7.45. The van der Waals surface area contributed by atoms with Gasteiger partial charge in [-0.15, -0.1) is 0 Å². The summed E-state index contributed by atoms with van der Waals surface area (Å²) in [5.74, 6) is 0.746. The van der Waals surface area contributed by atoms with Crippen LogP contribution < -0.4 is 10.1 Å². The smallest absolute Gasteiger partial charge is 0.224 e. The Balaban J connectivity index is 1.61. The second-order valence-corrected chi connectivity index (χ2v) is 5.48. The summed E-state index contributed by atoms with van der Waals surface area (Å²) < 4.78 is 7.14. The van der Waals surface area contributed by atoms with E-state index in [1.807, 2.05) is 54.1 Å². The zero-order chi connectivity index (χ0) is 16.2. The van der Waals surface area contributed by atoms with Crippen LogP contribution in [-0.4, -0.2) is 22.6 Å². The predicted molar refractivity (Wildman–Crippen MR) is 89.3 cm³/mol. The van der Waals surface area contributed by atoms with E-state index in [1.54, 1.807) is 13.4 Å². The fourth-order valence-electron chi connectivity index (χ4n) is 2.52. The van der Waals surface area contributed by atoms with Crippen molar-refractivity contribution < 1.29 is 9.53 Å². The van der Waals surface area contributed by atoms with Gasteiger partial charge in [0.15, 0.2) is 0 Å². The summed E-state index contributed by atoms with van der Waals surface area (Å²) in [5.41, 5.74) is 3.99. The van der Waals surface area contributed by atoms with Crippen molar-refractivity contribution in [3.63, 3.8) is 0 Å². The van der Waals surface area contributed by atoms with E-state index >= 15 is 0 Å². The third-order valence-corrected chi connectivity index (χ3v) is 3.78. The van der Waals surface area contributed by atoms with Gasteiger partial charge in [0.2, 0.25) is 5.91 Å². The van der Waals surface area contributed by atoms with Gasteiger partial charge in [0.1, 0.15) is 5.75 Å². The lowest BCUT2D eigenvalue weighted by atomic mass is 10.1. The molecule has 0 bridgehead atoms. The maximum Gasteiger partial charge on any atom is 0.224 e. The number of aromatic nitrogens is 2. The van der Waals surface area contributed by atoms with E-state index in [9.17, 15) is 4.79 Å². The fourth-order valence-corrected chi connectivity index (χ4v) is 2.52. The number of ether oxygens (including phenoxy) is 1. The first kappa shape index (κ1) is 15.1. The number of nitrogens with one attached hydrogen (secondary N) is 1. The van der Waals surface area contributed by atoms with Crippen LogP contribution >= 0.6 is 0 Å². The number of hydrogen-bond acceptors (Lipinski definition) is 3. The van der Waals surface area contributed by atoms with Crippen LogP contribution in [0.3, 0.4) is 0 Å². The molecule has 0 aliphatic carbocycles. The van der Waals surface area contributed by atoms with Gasteiger partial charge in [0.05, 0.1) is 30.9 Å². The largest absolute Gasteiger partial charge is 0.497 e. The molecule has 118 valence electrons. The fraction of sp³-hybridized carbons (Fsp3) is 0.222. The third kappa shape index (κ3) is 3.51. The topological polar surface area (TPSA) is 56.1 Å². The van der Waals surface area contributed by atoms with Crippen LogP contribution in [0.4, 0.5) is 0 Å². The number of carbonyl (C=O) groups excluding carboxylic acids is 1. The zero-order valence-corrected chi connectivity index (χ0v) is 13.2. The van der Waals surface area contributed by atoms with E-state index in [1.165, 1.54) is 0 Å². The average molecular weight is 309 g/mol. The van der Waals surface area contributed by atoms with Gasteiger partial charge in [0, 0.05) is 13.6 Å². The van der Waals surface area contributed by atoms with Crippen LogP contribution in [0, 0.1) is 0 Å². The molecule has 0 aliphatic heterocycles. The van der Waals surface area contributed by atoms with E-state index in [0.717, 1.165) is 27.9 Å². The minimum atomic E-state index is -0.0145. The van der Waals surface area contributed by atoms with Gasteiger partial charge in [0.25, 0.3) is 0 Å². The molecule has 0 aliphatic rings. The molecular formula is C18H19N3O2. The molecule has 1 amide bonds. The van der Waals surface area contributed by atoms with Crippen molar-refractivity contribution in [3.05, 3.63) is 59.9 Å². The third-order valence-electron chi connectivity index (χ3n) is 3.78. The highest BCUT2D eigenvalue weighted by Gasteiger charge is 2.06. The first-order chi connectivity index (χ1) is 11.2.